The Kier molecular flexibility index (Phi) is 6.49. The van der Waals surface area contributed by atoms with Gasteiger partial charge in [-0.25, -0.2) is 0 Å². The summed E-state index contributed by atoms with van der Waals surface area (Å²) < 4.78 is 4.36. The molecule has 0 unspecified atom stereocenters. The maximum Gasteiger partial charge on any atom is 0.263 e. The molecule has 0 amide bonds. The van der Waals surface area contributed by atoms with Crippen LogP contribution in [0.25, 0.3) is 110 Å². The van der Waals surface area contributed by atoms with Gasteiger partial charge in [0.05, 0.1) is 22.1 Å². The summed E-state index contributed by atoms with van der Waals surface area (Å²) in [4.78, 5) is 14.6. The number of fused-ring (bicyclic) bond motifs is 9. The number of benzene rings is 9. The average Bonchev–Trinajstić information content (AvgIpc) is 3.79. The lowest BCUT2D eigenvalue weighted by Crippen LogP contribution is -2.13. The summed E-state index contributed by atoms with van der Waals surface area (Å²) in [5.74, 6) is 0. The second kappa shape index (κ2) is 11.8. The van der Waals surface area contributed by atoms with Gasteiger partial charge in [-0.05, 0) is 92.5 Å². The van der Waals surface area contributed by atoms with Crippen molar-refractivity contribution < 1.29 is 0 Å². The highest BCUT2D eigenvalue weighted by Gasteiger charge is 2.22. The van der Waals surface area contributed by atoms with E-state index in [1.54, 1.807) is 0 Å². The summed E-state index contributed by atoms with van der Waals surface area (Å²) in [7, 11) is 0. The first kappa shape index (κ1) is 30.9. The molecule has 0 aliphatic heterocycles. The fourth-order valence-corrected chi connectivity index (χ4v) is 9.35. The predicted octanol–water partition coefficient (Wildman–Crippen LogP) is 13.4. The molecule has 3 aromatic heterocycles. The summed E-state index contributed by atoms with van der Waals surface area (Å²) in [5.41, 5.74) is 12.1. The molecule has 0 aliphatic rings. The Hall–Kier alpha value is -7.49. The lowest BCUT2D eigenvalue weighted by molar-refractivity contribution is 1.19. The highest BCUT2D eigenvalue weighted by Crippen LogP contribution is 2.44. The summed E-state index contributed by atoms with van der Waals surface area (Å²) in [6.45, 7) is 0. The van der Waals surface area contributed by atoms with Crippen LogP contribution in [-0.4, -0.2) is 8.97 Å². The van der Waals surface area contributed by atoms with Gasteiger partial charge >= 0.3 is 0 Å². The van der Waals surface area contributed by atoms with Gasteiger partial charge in [0.1, 0.15) is 0 Å². The van der Waals surface area contributed by atoms with Crippen LogP contribution in [0.15, 0.2) is 199 Å². The molecule has 0 radical (unpaired) electrons. The summed E-state index contributed by atoms with van der Waals surface area (Å²) in [6.07, 6.45) is 0. The fourth-order valence-electron chi connectivity index (χ4n) is 9.35. The van der Waals surface area contributed by atoms with Crippen molar-refractivity contribution in [2.45, 2.75) is 0 Å². The Morgan fingerprint density at radius 3 is 1.68 bits per heavy atom. The van der Waals surface area contributed by atoms with Crippen molar-refractivity contribution in [2.24, 2.45) is 0 Å². The van der Waals surface area contributed by atoms with Crippen molar-refractivity contribution in [3.63, 3.8) is 0 Å². The van der Waals surface area contributed by atoms with Gasteiger partial charge in [-0.15, -0.1) is 0 Å². The van der Waals surface area contributed by atoms with E-state index in [0.29, 0.717) is 0 Å². The number of aromatic nitrogens is 2. The fraction of sp³-hybridized carbons (Fsp3) is 0. The maximum atomic E-state index is 14.6. The van der Waals surface area contributed by atoms with E-state index in [1.807, 2.05) is 22.6 Å². The van der Waals surface area contributed by atoms with Gasteiger partial charge in [0.25, 0.3) is 5.56 Å². The molecule has 0 atom stereocenters. The minimum atomic E-state index is 0.00949. The normalized spacial score (nSPS) is 12.0. The third-order valence-corrected chi connectivity index (χ3v) is 11.8. The molecule has 260 valence electrons. The van der Waals surface area contributed by atoms with E-state index in [4.69, 9.17) is 0 Å². The van der Waals surface area contributed by atoms with Crippen LogP contribution in [-0.2, 0) is 0 Å². The second-order valence-electron chi connectivity index (χ2n) is 14.8. The molecule has 0 N–H and O–H groups in total. The van der Waals surface area contributed by atoms with Crippen LogP contribution >= 0.6 is 0 Å². The van der Waals surface area contributed by atoms with Crippen molar-refractivity contribution in [1.82, 2.24) is 8.97 Å². The van der Waals surface area contributed by atoms with Crippen molar-refractivity contribution in [3.8, 4) is 39.1 Å². The van der Waals surface area contributed by atoms with E-state index in [9.17, 15) is 4.79 Å². The molecular weight excluding hydrogens is 681 g/mol. The third-order valence-electron chi connectivity index (χ3n) is 11.8. The predicted molar refractivity (Wildman–Crippen MR) is 236 cm³/mol. The van der Waals surface area contributed by atoms with E-state index in [2.05, 4.69) is 180 Å². The molecule has 0 saturated heterocycles. The molecule has 12 aromatic rings. The lowest BCUT2D eigenvalue weighted by atomic mass is 9.90. The molecule has 0 bridgehead atoms. The minimum Gasteiger partial charge on any atom is -0.309 e. The standard InChI is InChI=1S/C53H32N2O/c56-53-46-20-7-6-17-41(46)44-21-12-22-45-48-32-37(31-47(52(48)55(53)51(44)45)40-16-5-4-15-39(40)33-13-2-1-3-14-33)35-25-26-36-30-38(28-27-34(36)29-35)54-49-23-10-8-18-42(49)43-19-9-11-24-50(43)54/h1-32H. The molecule has 12 rings (SSSR count). The van der Waals surface area contributed by atoms with Crippen molar-refractivity contribution >= 4 is 70.5 Å². The van der Waals surface area contributed by atoms with Crippen LogP contribution < -0.4 is 5.56 Å². The van der Waals surface area contributed by atoms with Crippen LogP contribution in [0, 0.1) is 0 Å². The Labute approximate surface area is 321 Å². The minimum absolute atomic E-state index is 0.00949. The van der Waals surface area contributed by atoms with Crippen LogP contribution in [0.4, 0.5) is 0 Å². The quantitative estimate of drug-likeness (QED) is 0.167. The number of hydrogen-bond donors (Lipinski definition) is 0. The molecule has 3 nitrogen and oxygen atoms in total. The smallest absolute Gasteiger partial charge is 0.263 e. The Morgan fingerprint density at radius 1 is 0.321 bits per heavy atom. The monoisotopic (exact) mass is 712 g/mol. The van der Waals surface area contributed by atoms with Gasteiger partial charge in [-0.1, -0.05) is 146 Å². The highest BCUT2D eigenvalue weighted by atomic mass is 16.1. The topological polar surface area (TPSA) is 26.4 Å². The number of nitrogens with zero attached hydrogens (tertiary/aromatic N) is 2. The SMILES string of the molecule is O=c1c2ccccc2c2cccc3c4cc(-c5ccc6cc(-n7c8ccccc8c8ccccc87)ccc6c5)cc(-c5ccccc5-c5ccccc5)c4n1c23. The first-order chi connectivity index (χ1) is 27.7. The Bertz CT molecular complexity index is 3560. The summed E-state index contributed by atoms with van der Waals surface area (Å²) >= 11 is 0. The molecule has 0 saturated carbocycles. The first-order valence-electron chi connectivity index (χ1n) is 19.1. The van der Waals surface area contributed by atoms with Gasteiger partial charge in [0.2, 0.25) is 0 Å². The van der Waals surface area contributed by atoms with E-state index in [0.717, 1.165) is 77.0 Å². The second-order valence-corrected chi connectivity index (χ2v) is 14.8. The zero-order valence-corrected chi connectivity index (χ0v) is 30.3. The van der Waals surface area contributed by atoms with Crippen LogP contribution in [0.5, 0.6) is 0 Å². The molecule has 3 heteroatoms. The van der Waals surface area contributed by atoms with Gasteiger partial charge < -0.3 is 4.57 Å². The van der Waals surface area contributed by atoms with Crippen LogP contribution in [0.1, 0.15) is 0 Å². The highest BCUT2D eigenvalue weighted by molar-refractivity contribution is 6.23. The number of pyridine rings is 1. The van der Waals surface area contributed by atoms with Crippen molar-refractivity contribution in [1.29, 1.82) is 0 Å². The largest absolute Gasteiger partial charge is 0.309 e. The summed E-state index contributed by atoms with van der Waals surface area (Å²) in [6, 6.07) is 69.1. The molecule has 56 heavy (non-hydrogen) atoms. The number of para-hydroxylation sites is 3. The van der Waals surface area contributed by atoms with E-state index in [1.165, 1.54) is 32.6 Å². The molecular formula is C53H32N2O. The summed E-state index contributed by atoms with van der Waals surface area (Å²) in [5, 5.41) is 9.82. The van der Waals surface area contributed by atoms with Crippen LogP contribution in [0.2, 0.25) is 0 Å². The van der Waals surface area contributed by atoms with Gasteiger partial charge in [-0.2, -0.15) is 0 Å². The Morgan fingerprint density at radius 2 is 0.911 bits per heavy atom. The Balaban J connectivity index is 1.12. The van der Waals surface area contributed by atoms with E-state index < -0.39 is 0 Å². The van der Waals surface area contributed by atoms with Crippen LogP contribution in [0.3, 0.4) is 0 Å². The first-order valence-corrected chi connectivity index (χ1v) is 19.1. The van der Waals surface area contributed by atoms with Crippen molar-refractivity contribution in [2.75, 3.05) is 0 Å². The lowest BCUT2D eigenvalue weighted by Gasteiger charge is -2.15. The number of rotatable bonds is 4. The molecule has 0 aliphatic carbocycles. The molecule has 0 spiro atoms. The van der Waals surface area contributed by atoms with Gasteiger partial charge in [0, 0.05) is 43.6 Å². The molecule has 3 heterocycles. The third kappa shape index (κ3) is 4.37. The number of hydrogen-bond acceptors (Lipinski definition) is 1. The zero-order valence-electron chi connectivity index (χ0n) is 30.3. The maximum absolute atomic E-state index is 14.6. The zero-order chi connectivity index (χ0) is 36.9. The molecule has 0 fully saturated rings. The molecule has 9 aromatic carbocycles. The van der Waals surface area contributed by atoms with E-state index in [-0.39, 0.29) is 5.56 Å². The van der Waals surface area contributed by atoms with Gasteiger partial charge in [-0.3, -0.25) is 9.20 Å². The average molecular weight is 713 g/mol. The van der Waals surface area contributed by atoms with Gasteiger partial charge in [0.15, 0.2) is 0 Å². The van der Waals surface area contributed by atoms with E-state index >= 15 is 0 Å². The van der Waals surface area contributed by atoms with Crippen molar-refractivity contribution in [3.05, 3.63) is 204 Å².